The molecule has 57 heavy (non-hydrogen) atoms. The zero-order valence-corrected chi connectivity index (χ0v) is 36.2. The highest BCUT2D eigenvalue weighted by atomic mass is 35.5. The van der Waals surface area contributed by atoms with Gasteiger partial charge in [-0.3, -0.25) is 9.05 Å². The number of unbranched alkanes of at least 4 members (excludes halogenated alkanes) is 15. The van der Waals surface area contributed by atoms with Gasteiger partial charge in [0.25, 0.3) is 0 Å². The number of nitrogens with zero attached hydrogens (tertiary/aromatic N) is 3. The van der Waals surface area contributed by atoms with E-state index in [9.17, 15) is 0 Å². The summed E-state index contributed by atoms with van der Waals surface area (Å²) in [7, 11) is -0.178. The number of fused-ring (bicyclic) bond motifs is 1. The predicted molar refractivity (Wildman–Crippen MR) is 233 cm³/mol. The molecule has 0 aliphatic carbocycles. The van der Waals surface area contributed by atoms with Crippen LogP contribution in [0.2, 0.25) is 5.02 Å². The Kier molecular flexibility index (Phi) is 24.2. The summed E-state index contributed by atoms with van der Waals surface area (Å²) in [6.07, 6.45) is 23.6. The van der Waals surface area contributed by atoms with Crippen molar-refractivity contribution in [2.45, 2.75) is 141 Å². The standard InChI is InChI=1S/C45H68ClN4O6P/c1-3-4-5-6-7-8-9-10-11-12-13-14-15-16-17-23-32-53-41(34-52-33-38-24-19-18-20-25-38)36-55-57(56-44-27-22-21-26-42(44)46)54-35-40(51-2)30-28-39-29-31-43-45(47)48-37-49-50(39)43/h18-22,24-27,29,31,37,40-41H,3-17,23,28,30,32-36H2,1-2H3,(H2,47,48,49). The van der Waals surface area contributed by atoms with E-state index in [0.717, 1.165) is 29.6 Å². The van der Waals surface area contributed by atoms with Gasteiger partial charge in [-0.1, -0.05) is 157 Å². The van der Waals surface area contributed by atoms with Crippen LogP contribution in [0, 0.1) is 0 Å². The van der Waals surface area contributed by atoms with E-state index in [2.05, 4.69) is 29.1 Å². The molecule has 12 heteroatoms. The highest BCUT2D eigenvalue weighted by Crippen LogP contribution is 2.43. The fourth-order valence-corrected chi connectivity index (χ4v) is 7.98. The SMILES string of the molecule is CCCCCCCCCCCCCCCCCCOC(COCc1ccccc1)COP(OCC(CCc1ccc2c(N)ncnn12)OC)Oc1ccccc1Cl. The van der Waals surface area contributed by atoms with Gasteiger partial charge in [0.1, 0.15) is 23.7 Å². The van der Waals surface area contributed by atoms with Crippen LogP contribution in [-0.4, -0.2) is 60.3 Å². The second-order valence-corrected chi connectivity index (χ2v) is 16.4. The Balaban J connectivity index is 1.21. The Morgan fingerprint density at radius 2 is 1.33 bits per heavy atom. The minimum Gasteiger partial charge on any atom is -0.425 e. The van der Waals surface area contributed by atoms with E-state index >= 15 is 0 Å². The number of aryl methyl sites for hydroxylation is 1. The fraction of sp³-hybridized carbons (Fsp3) is 0.600. The molecule has 4 rings (SSSR count). The Labute approximate surface area is 348 Å². The average Bonchev–Trinajstić information content (AvgIpc) is 3.66. The van der Waals surface area contributed by atoms with Crippen molar-refractivity contribution >= 4 is 31.5 Å². The number of aromatic nitrogens is 3. The van der Waals surface area contributed by atoms with Gasteiger partial charge in [0.2, 0.25) is 0 Å². The van der Waals surface area contributed by atoms with Crippen LogP contribution in [0.3, 0.4) is 0 Å². The third-order valence-electron chi connectivity index (χ3n) is 10.1. The monoisotopic (exact) mass is 826 g/mol. The van der Waals surface area contributed by atoms with Gasteiger partial charge in [0.15, 0.2) is 5.82 Å². The molecule has 0 amide bonds. The number of para-hydroxylation sites is 1. The quantitative estimate of drug-likeness (QED) is 0.0363. The third-order valence-corrected chi connectivity index (χ3v) is 11.5. The summed E-state index contributed by atoms with van der Waals surface area (Å²) in [6.45, 7) is 4.28. The van der Waals surface area contributed by atoms with Gasteiger partial charge in [-0.05, 0) is 49.1 Å². The zero-order chi connectivity index (χ0) is 40.2. The molecule has 0 fully saturated rings. The molecule has 0 saturated heterocycles. The number of ether oxygens (including phenoxy) is 3. The molecule has 2 aromatic carbocycles. The van der Waals surface area contributed by atoms with E-state index in [1.807, 2.05) is 47.0 Å². The van der Waals surface area contributed by atoms with E-state index < -0.39 is 8.60 Å². The van der Waals surface area contributed by atoms with Crippen molar-refractivity contribution in [2.24, 2.45) is 0 Å². The average molecular weight is 827 g/mol. The number of hydrogen-bond acceptors (Lipinski definition) is 9. The first kappa shape index (κ1) is 46.9. The lowest BCUT2D eigenvalue weighted by Crippen LogP contribution is -2.26. The van der Waals surface area contributed by atoms with Crippen molar-refractivity contribution in [3.63, 3.8) is 0 Å². The number of hydrogen-bond donors (Lipinski definition) is 1. The molecule has 0 aliphatic rings. The second-order valence-electron chi connectivity index (χ2n) is 14.8. The molecule has 3 unspecified atom stereocenters. The maximum atomic E-state index is 6.48. The summed E-state index contributed by atoms with van der Waals surface area (Å²) in [6, 6.07) is 21.4. The molecule has 10 nitrogen and oxygen atoms in total. The maximum absolute atomic E-state index is 6.48. The molecule has 3 atom stereocenters. The van der Waals surface area contributed by atoms with Crippen LogP contribution in [0.25, 0.3) is 5.52 Å². The van der Waals surface area contributed by atoms with Crippen molar-refractivity contribution in [3.8, 4) is 5.75 Å². The first-order chi connectivity index (χ1) is 28.1. The minimum atomic E-state index is -1.85. The first-order valence-corrected chi connectivity index (χ1v) is 22.9. The Morgan fingerprint density at radius 1 is 0.719 bits per heavy atom. The molecule has 0 bridgehead atoms. The van der Waals surface area contributed by atoms with Crippen LogP contribution >= 0.6 is 20.2 Å². The van der Waals surface area contributed by atoms with Gasteiger partial charge in [-0.2, -0.15) is 5.10 Å². The Morgan fingerprint density at radius 3 is 1.98 bits per heavy atom. The number of nitrogen functional groups attached to an aromatic ring is 1. The molecule has 0 saturated carbocycles. The molecule has 2 aromatic heterocycles. The molecular formula is C45H68ClN4O6P. The highest BCUT2D eigenvalue weighted by molar-refractivity contribution is 7.42. The van der Waals surface area contributed by atoms with Crippen LogP contribution in [0.5, 0.6) is 5.75 Å². The van der Waals surface area contributed by atoms with Gasteiger partial charge in [-0.15, -0.1) is 0 Å². The van der Waals surface area contributed by atoms with Crippen molar-refractivity contribution in [3.05, 3.63) is 89.3 Å². The summed E-state index contributed by atoms with van der Waals surface area (Å²) in [4.78, 5) is 4.08. The molecule has 4 aromatic rings. The number of halogens is 1. The smallest absolute Gasteiger partial charge is 0.397 e. The summed E-state index contributed by atoms with van der Waals surface area (Å²) >= 11 is 6.48. The van der Waals surface area contributed by atoms with Crippen molar-refractivity contribution in [2.75, 3.05) is 39.3 Å². The van der Waals surface area contributed by atoms with Gasteiger partial charge in [-0.25, -0.2) is 9.50 Å². The maximum Gasteiger partial charge on any atom is 0.397 e. The Hall–Kier alpha value is -2.82. The first-order valence-electron chi connectivity index (χ1n) is 21.4. The highest BCUT2D eigenvalue weighted by Gasteiger charge is 2.23. The van der Waals surface area contributed by atoms with E-state index in [4.69, 9.17) is 45.1 Å². The van der Waals surface area contributed by atoms with E-state index in [1.165, 1.54) is 96.2 Å². The van der Waals surface area contributed by atoms with E-state index in [0.29, 0.717) is 49.3 Å². The topological polar surface area (TPSA) is 112 Å². The van der Waals surface area contributed by atoms with E-state index in [-0.39, 0.29) is 25.4 Å². The van der Waals surface area contributed by atoms with Gasteiger partial charge < -0.3 is 24.5 Å². The van der Waals surface area contributed by atoms with Crippen molar-refractivity contribution in [1.29, 1.82) is 0 Å². The fourth-order valence-electron chi connectivity index (χ4n) is 6.68. The van der Waals surface area contributed by atoms with Crippen LogP contribution in [0.1, 0.15) is 127 Å². The van der Waals surface area contributed by atoms with E-state index in [1.54, 1.807) is 19.2 Å². The molecule has 2 heterocycles. The number of rotatable bonds is 34. The Bertz CT molecular complexity index is 1600. The number of anilines is 1. The summed E-state index contributed by atoms with van der Waals surface area (Å²) in [5.41, 5.74) is 8.92. The molecule has 0 spiro atoms. The van der Waals surface area contributed by atoms with Gasteiger partial charge in [0.05, 0.1) is 37.6 Å². The molecule has 316 valence electrons. The number of nitrogens with two attached hydrogens (primary N) is 1. The van der Waals surface area contributed by atoms with Gasteiger partial charge >= 0.3 is 8.60 Å². The molecular weight excluding hydrogens is 759 g/mol. The lowest BCUT2D eigenvalue weighted by atomic mass is 10.0. The van der Waals surface area contributed by atoms with Crippen molar-refractivity contribution in [1.82, 2.24) is 14.6 Å². The van der Waals surface area contributed by atoms with Crippen LogP contribution < -0.4 is 10.3 Å². The lowest BCUT2D eigenvalue weighted by Gasteiger charge is -2.24. The second kappa shape index (κ2) is 29.4. The molecule has 0 radical (unpaired) electrons. The van der Waals surface area contributed by atoms with Gasteiger partial charge in [0, 0.05) is 19.4 Å². The summed E-state index contributed by atoms with van der Waals surface area (Å²) < 4.78 is 38.9. The molecule has 0 aliphatic heterocycles. The lowest BCUT2D eigenvalue weighted by molar-refractivity contribution is -0.0457. The largest absolute Gasteiger partial charge is 0.425 e. The third kappa shape index (κ3) is 19.2. The summed E-state index contributed by atoms with van der Waals surface area (Å²) in [5.74, 6) is 0.933. The summed E-state index contributed by atoms with van der Waals surface area (Å²) in [5, 5.41) is 4.84. The number of benzene rings is 2. The minimum absolute atomic E-state index is 0.227. The van der Waals surface area contributed by atoms with Crippen LogP contribution in [0.4, 0.5) is 5.82 Å². The van der Waals surface area contributed by atoms with Crippen LogP contribution in [-0.2, 0) is 36.3 Å². The normalized spacial score (nSPS) is 13.2. The number of methoxy groups -OCH3 is 1. The zero-order valence-electron chi connectivity index (χ0n) is 34.5. The molecule has 2 N–H and O–H groups in total. The predicted octanol–water partition coefficient (Wildman–Crippen LogP) is 12.1. The van der Waals surface area contributed by atoms with Crippen molar-refractivity contribution < 1.29 is 27.8 Å². The van der Waals surface area contributed by atoms with Crippen LogP contribution in [0.15, 0.2) is 73.1 Å².